The molecule has 0 unspecified atom stereocenters. The Morgan fingerprint density at radius 2 is 2.11 bits per heavy atom. The monoisotopic (exact) mass is 253 g/mol. The first-order valence-corrected chi connectivity index (χ1v) is 6.12. The number of aliphatic hydroxyl groups excluding tert-OH is 1. The first-order valence-electron chi connectivity index (χ1n) is 6.12. The molecule has 0 spiro atoms. The van der Waals surface area contributed by atoms with E-state index < -0.39 is 0 Å². The van der Waals surface area contributed by atoms with Crippen LogP contribution in [0.4, 0.5) is 5.69 Å². The Morgan fingerprint density at radius 1 is 1.39 bits per heavy atom. The second-order valence-electron chi connectivity index (χ2n) is 4.42. The maximum absolute atomic E-state index is 9.05. The summed E-state index contributed by atoms with van der Waals surface area (Å²) < 4.78 is 5.06. The van der Waals surface area contributed by atoms with Crippen LogP contribution in [0.5, 0.6) is 0 Å². The van der Waals surface area contributed by atoms with Gasteiger partial charge in [0, 0.05) is 38.6 Å². The fourth-order valence-corrected chi connectivity index (χ4v) is 1.80. The number of nitrogens with two attached hydrogens (primary N) is 1. The highest BCUT2D eigenvalue weighted by atomic mass is 16.5. The van der Waals surface area contributed by atoms with Gasteiger partial charge in [-0.2, -0.15) is 0 Å². The highest BCUT2D eigenvalue weighted by molar-refractivity contribution is 5.53. The van der Waals surface area contributed by atoms with Gasteiger partial charge < -0.3 is 15.6 Å². The fraction of sp³-hybridized carbons (Fsp3) is 0.615. The molecule has 102 valence electrons. The van der Waals surface area contributed by atoms with Crippen molar-refractivity contribution in [2.75, 3.05) is 39.1 Å². The second kappa shape index (κ2) is 7.31. The number of anilines is 1. The van der Waals surface area contributed by atoms with Crippen LogP contribution in [0.15, 0.2) is 6.20 Å². The molecule has 1 heterocycles. The van der Waals surface area contributed by atoms with Crippen LogP contribution in [-0.2, 0) is 11.3 Å². The number of hydrogen-bond donors (Lipinski definition) is 2. The lowest BCUT2D eigenvalue weighted by Crippen LogP contribution is -2.30. The lowest BCUT2D eigenvalue weighted by molar-refractivity contribution is 0.126. The van der Waals surface area contributed by atoms with Gasteiger partial charge in [0.2, 0.25) is 0 Å². The summed E-state index contributed by atoms with van der Waals surface area (Å²) >= 11 is 0. The maximum atomic E-state index is 9.05. The third-order valence-electron chi connectivity index (χ3n) is 3.08. The van der Waals surface area contributed by atoms with Crippen molar-refractivity contribution in [3.8, 4) is 0 Å². The highest BCUT2D eigenvalue weighted by Crippen LogP contribution is 2.19. The molecule has 0 atom stereocenters. The zero-order chi connectivity index (χ0) is 13.5. The Balaban J connectivity index is 2.77. The average molecular weight is 253 g/mol. The van der Waals surface area contributed by atoms with Crippen LogP contribution in [0.3, 0.4) is 0 Å². The Kier molecular flexibility index (Phi) is 6.04. The van der Waals surface area contributed by atoms with Crippen molar-refractivity contribution >= 4 is 5.69 Å². The summed E-state index contributed by atoms with van der Waals surface area (Å²) in [4.78, 5) is 6.53. The molecule has 1 aromatic rings. The molecule has 0 amide bonds. The summed E-state index contributed by atoms with van der Waals surface area (Å²) in [5.74, 6) is 0. The third-order valence-corrected chi connectivity index (χ3v) is 3.08. The van der Waals surface area contributed by atoms with E-state index in [0.717, 1.165) is 29.1 Å². The van der Waals surface area contributed by atoms with E-state index in [4.69, 9.17) is 15.6 Å². The summed E-state index contributed by atoms with van der Waals surface area (Å²) in [5.41, 5.74) is 9.79. The van der Waals surface area contributed by atoms with Crippen LogP contribution < -0.4 is 5.73 Å². The van der Waals surface area contributed by atoms with Crippen molar-refractivity contribution in [3.63, 3.8) is 0 Å². The molecule has 0 saturated heterocycles. The molecule has 5 heteroatoms. The Hall–Kier alpha value is -1.17. The van der Waals surface area contributed by atoms with E-state index in [2.05, 4.69) is 9.88 Å². The number of aromatic nitrogens is 1. The molecule has 0 bridgehead atoms. The van der Waals surface area contributed by atoms with Gasteiger partial charge in [0.25, 0.3) is 0 Å². The standard InChI is InChI=1S/C13H23N3O2/c1-10-8-15-12(11(2)13(10)14)9-16(4-6-17)5-7-18-3/h8,17H,4-7,9H2,1-3H3,(H2,14,15). The maximum Gasteiger partial charge on any atom is 0.0593 e. The molecule has 18 heavy (non-hydrogen) atoms. The lowest BCUT2D eigenvalue weighted by Gasteiger charge is -2.22. The summed E-state index contributed by atoms with van der Waals surface area (Å²) in [6.45, 7) is 6.77. The minimum atomic E-state index is 0.129. The molecule has 1 aromatic heterocycles. The van der Waals surface area contributed by atoms with Crippen LogP contribution in [0.1, 0.15) is 16.8 Å². The number of rotatable bonds is 7. The molecule has 5 nitrogen and oxygen atoms in total. The zero-order valence-corrected chi connectivity index (χ0v) is 11.4. The third kappa shape index (κ3) is 3.94. The minimum absolute atomic E-state index is 0.129. The molecule has 0 fully saturated rings. The number of aryl methyl sites for hydroxylation is 1. The van der Waals surface area contributed by atoms with Gasteiger partial charge in [0.15, 0.2) is 0 Å². The fourth-order valence-electron chi connectivity index (χ4n) is 1.80. The van der Waals surface area contributed by atoms with E-state index in [1.165, 1.54) is 0 Å². The lowest BCUT2D eigenvalue weighted by atomic mass is 10.1. The summed E-state index contributed by atoms with van der Waals surface area (Å²) in [5, 5.41) is 9.05. The first-order chi connectivity index (χ1) is 8.60. The van der Waals surface area contributed by atoms with E-state index in [9.17, 15) is 0 Å². The number of hydrogen-bond acceptors (Lipinski definition) is 5. The topological polar surface area (TPSA) is 71.6 Å². The Bertz CT molecular complexity index is 383. The molecule has 0 aromatic carbocycles. The number of aliphatic hydroxyl groups is 1. The SMILES string of the molecule is COCCN(CCO)Cc1ncc(C)c(N)c1C. The molecule has 0 aliphatic carbocycles. The molecule has 0 radical (unpaired) electrons. The van der Waals surface area contributed by atoms with Gasteiger partial charge in [-0.3, -0.25) is 9.88 Å². The van der Waals surface area contributed by atoms with Gasteiger partial charge in [-0.1, -0.05) is 0 Å². The summed E-state index contributed by atoms with van der Waals surface area (Å²) in [6.07, 6.45) is 1.80. The normalized spacial score (nSPS) is 11.2. The van der Waals surface area contributed by atoms with Gasteiger partial charge in [-0.05, 0) is 25.0 Å². The van der Waals surface area contributed by atoms with Gasteiger partial charge in [-0.15, -0.1) is 0 Å². The first kappa shape index (κ1) is 14.9. The van der Waals surface area contributed by atoms with Crippen molar-refractivity contribution in [3.05, 3.63) is 23.0 Å². The van der Waals surface area contributed by atoms with E-state index in [1.54, 1.807) is 13.3 Å². The predicted molar refractivity (Wildman–Crippen MR) is 72.4 cm³/mol. The highest BCUT2D eigenvalue weighted by Gasteiger charge is 2.11. The van der Waals surface area contributed by atoms with E-state index in [-0.39, 0.29) is 6.61 Å². The summed E-state index contributed by atoms with van der Waals surface area (Å²) in [7, 11) is 1.67. The molecule has 0 aliphatic rings. The van der Waals surface area contributed by atoms with Gasteiger partial charge in [0.05, 0.1) is 18.9 Å². The van der Waals surface area contributed by atoms with E-state index in [0.29, 0.717) is 19.7 Å². The van der Waals surface area contributed by atoms with Crippen LogP contribution in [0.25, 0.3) is 0 Å². The number of ether oxygens (including phenoxy) is 1. The summed E-state index contributed by atoms with van der Waals surface area (Å²) in [6, 6.07) is 0. The van der Waals surface area contributed by atoms with Crippen molar-refractivity contribution in [1.82, 2.24) is 9.88 Å². The Labute approximate surface area is 109 Å². The van der Waals surface area contributed by atoms with Gasteiger partial charge in [-0.25, -0.2) is 0 Å². The largest absolute Gasteiger partial charge is 0.398 e. The molecule has 3 N–H and O–H groups in total. The van der Waals surface area contributed by atoms with Gasteiger partial charge >= 0.3 is 0 Å². The number of pyridine rings is 1. The quantitative estimate of drug-likeness (QED) is 0.749. The molecule has 0 saturated carbocycles. The van der Waals surface area contributed by atoms with Crippen LogP contribution in [0, 0.1) is 13.8 Å². The molecule has 1 rings (SSSR count). The number of methoxy groups -OCH3 is 1. The smallest absolute Gasteiger partial charge is 0.0593 e. The predicted octanol–water partition coefficient (Wildman–Crippen LogP) is 0.721. The van der Waals surface area contributed by atoms with Crippen molar-refractivity contribution in [1.29, 1.82) is 0 Å². The minimum Gasteiger partial charge on any atom is -0.398 e. The second-order valence-corrected chi connectivity index (χ2v) is 4.42. The Morgan fingerprint density at radius 3 is 2.72 bits per heavy atom. The van der Waals surface area contributed by atoms with Gasteiger partial charge in [0.1, 0.15) is 0 Å². The van der Waals surface area contributed by atoms with Crippen molar-refractivity contribution in [2.24, 2.45) is 0 Å². The number of nitrogens with zero attached hydrogens (tertiary/aromatic N) is 2. The van der Waals surface area contributed by atoms with Crippen LogP contribution >= 0.6 is 0 Å². The van der Waals surface area contributed by atoms with Crippen molar-refractivity contribution in [2.45, 2.75) is 20.4 Å². The van der Waals surface area contributed by atoms with E-state index >= 15 is 0 Å². The van der Waals surface area contributed by atoms with Crippen LogP contribution in [0.2, 0.25) is 0 Å². The van der Waals surface area contributed by atoms with Crippen LogP contribution in [-0.4, -0.2) is 48.4 Å². The molecule has 0 aliphatic heterocycles. The number of nitrogen functional groups attached to an aromatic ring is 1. The molecular weight excluding hydrogens is 230 g/mol. The van der Waals surface area contributed by atoms with Crippen molar-refractivity contribution < 1.29 is 9.84 Å². The zero-order valence-electron chi connectivity index (χ0n) is 11.4. The molecular formula is C13H23N3O2. The average Bonchev–Trinajstić information content (AvgIpc) is 2.36. The van der Waals surface area contributed by atoms with E-state index in [1.807, 2.05) is 13.8 Å².